The molecule has 1 fully saturated rings. The van der Waals surface area contributed by atoms with Gasteiger partial charge in [-0.1, -0.05) is 58.3 Å². The second-order valence-electron chi connectivity index (χ2n) is 11.7. The molecule has 34 heavy (non-hydrogen) atoms. The van der Waals surface area contributed by atoms with Gasteiger partial charge >= 0.3 is 5.97 Å². The summed E-state index contributed by atoms with van der Waals surface area (Å²) in [4.78, 5) is 15.1. The lowest BCUT2D eigenvalue weighted by Crippen LogP contribution is -2.39. The Morgan fingerprint density at radius 3 is 2.24 bits per heavy atom. The summed E-state index contributed by atoms with van der Waals surface area (Å²) in [5.74, 6) is 0.293. The first-order valence-corrected chi connectivity index (χ1v) is 16.6. The van der Waals surface area contributed by atoms with Gasteiger partial charge in [-0.15, -0.1) is 0 Å². The second kappa shape index (κ2) is 14.6. The van der Waals surface area contributed by atoms with Gasteiger partial charge in [0.2, 0.25) is 0 Å². The molecule has 0 saturated carbocycles. The maximum atomic E-state index is 14.0. The van der Waals surface area contributed by atoms with Gasteiger partial charge in [-0.05, 0) is 58.9 Å². The summed E-state index contributed by atoms with van der Waals surface area (Å²) in [6, 6.07) is 0. The van der Waals surface area contributed by atoms with Crippen LogP contribution in [0, 0.1) is 10.8 Å². The molecule has 1 atom stereocenters. The van der Waals surface area contributed by atoms with Gasteiger partial charge in [0.25, 0.3) is 6.57 Å². The number of carbonyl (C=O) groups excluding carboxylic acids is 1. The number of esters is 1. The van der Waals surface area contributed by atoms with Gasteiger partial charge in [0.1, 0.15) is 6.61 Å². The SMILES string of the molecule is CCCCC(C)(C)CP(=O)(OC(C)(C)CCC)SCCOC(=O)C(C)(C)CCN1CCOCC1. The molecule has 202 valence electrons. The van der Waals surface area contributed by atoms with Crippen LogP contribution in [-0.2, 0) is 23.4 Å². The van der Waals surface area contributed by atoms with Crippen LogP contribution in [0.25, 0.3) is 0 Å². The molecule has 0 aromatic carbocycles. The normalized spacial score (nSPS) is 18.0. The highest BCUT2D eigenvalue weighted by atomic mass is 32.7. The molecule has 0 bridgehead atoms. The zero-order chi connectivity index (χ0) is 25.9. The van der Waals surface area contributed by atoms with Crippen LogP contribution in [0.2, 0.25) is 0 Å². The van der Waals surface area contributed by atoms with Crippen LogP contribution in [0.3, 0.4) is 0 Å². The smallest absolute Gasteiger partial charge is 0.311 e. The van der Waals surface area contributed by atoms with Gasteiger partial charge in [-0.3, -0.25) is 14.3 Å². The van der Waals surface area contributed by atoms with Crippen molar-refractivity contribution in [2.75, 3.05) is 51.4 Å². The monoisotopic (exact) mass is 521 g/mol. The summed E-state index contributed by atoms with van der Waals surface area (Å²) in [6.07, 6.45) is 6.40. The van der Waals surface area contributed by atoms with E-state index in [9.17, 15) is 9.36 Å². The maximum absolute atomic E-state index is 14.0. The first kappa shape index (κ1) is 32.0. The van der Waals surface area contributed by atoms with Crippen molar-refractivity contribution in [2.24, 2.45) is 10.8 Å². The van der Waals surface area contributed by atoms with Gasteiger partial charge in [0.05, 0.1) is 24.2 Å². The molecule has 0 spiro atoms. The van der Waals surface area contributed by atoms with Crippen molar-refractivity contribution >= 4 is 23.9 Å². The number of unbranched alkanes of at least 4 members (excludes halogenated alkanes) is 1. The molecule has 8 heteroatoms. The third kappa shape index (κ3) is 12.8. The molecule has 1 unspecified atom stereocenters. The molecule has 0 aromatic rings. The van der Waals surface area contributed by atoms with Gasteiger partial charge < -0.3 is 14.0 Å². The van der Waals surface area contributed by atoms with Crippen LogP contribution >= 0.6 is 18.0 Å². The highest BCUT2D eigenvalue weighted by molar-refractivity contribution is 8.56. The van der Waals surface area contributed by atoms with Crippen LogP contribution in [0.4, 0.5) is 0 Å². The van der Waals surface area contributed by atoms with Crippen molar-refractivity contribution in [1.82, 2.24) is 4.90 Å². The first-order valence-electron chi connectivity index (χ1n) is 13.2. The van der Waals surface area contributed by atoms with Crippen LogP contribution in [0.5, 0.6) is 0 Å². The van der Waals surface area contributed by atoms with Crippen molar-refractivity contribution in [3.63, 3.8) is 0 Å². The van der Waals surface area contributed by atoms with E-state index in [1.165, 1.54) is 11.4 Å². The molecular formula is C26H52NO5PS. The zero-order valence-electron chi connectivity index (χ0n) is 23.2. The van der Waals surface area contributed by atoms with E-state index in [4.69, 9.17) is 14.0 Å². The number of morpholine rings is 1. The number of rotatable bonds is 17. The Morgan fingerprint density at radius 2 is 1.65 bits per heavy atom. The third-order valence-corrected chi connectivity index (χ3v) is 11.5. The van der Waals surface area contributed by atoms with E-state index in [-0.39, 0.29) is 18.0 Å². The summed E-state index contributed by atoms with van der Waals surface area (Å²) >= 11 is 1.36. The number of carbonyl (C=O) groups is 1. The molecule has 0 aromatic heterocycles. The quantitative estimate of drug-likeness (QED) is 0.116. The molecule has 1 saturated heterocycles. The van der Waals surface area contributed by atoms with Gasteiger partial charge in [-0.25, -0.2) is 0 Å². The Labute approximate surface area is 213 Å². The summed E-state index contributed by atoms with van der Waals surface area (Å²) in [6.45, 7) is 18.1. The summed E-state index contributed by atoms with van der Waals surface area (Å²) < 4.78 is 31.3. The molecule has 1 heterocycles. The van der Waals surface area contributed by atoms with E-state index in [0.717, 1.165) is 71.4 Å². The highest BCUT2D eigenvalue weighted by Gasteiger charge is 2.38. The predicted molar refractivity (Wildman–Crippen MR) is 145 cm³/mol. The Kier molecular flexibility index (Phi) is 13.7. The molecule has 1 aliphatic heterocycles. The Bertz CT molecular complexity index is 647. The van der Waals surface area contributed by atoms with Crippen LogP contribution in [0.1, 0.15) is 93.9 Å². The van der Waals surface area contributed by atoms with E-state index in [1.807, 2.05) is 27.7 Å². The fourth-order valence-corrected chi connectivity index (χ4v) is 10.1. The molecule has 1 aliphatic rings. The fraction of sp³-hybridized carbons (Fsp3) is 0.962. The minimum Gasteiger partial charge on any atom is -0.464 e. The minimum atomic E-state index is -2.96. The van der Waals surface area contributed by atoms with E-state index in [2.05, 4.69) is 32.6 Å². The van der Waals surface area contributed by atoms with E-state index in [1.54, 1.807) is 0 Å². The fourth-order valence-electron chi connectivity index (χ4n) is 4.26. The van der Waals surface area contributed by atoms with Crippen molar-refractivity contribution in [2.45, 2.75) is 99.5 Å². The van der Waals surface area contributed by atoms with E-state index >= 15 is 0 Å². The van der Waals surface area contributed by atoms with Gasteiger partial charge in [-0.2, -0.15) is 0 Å². The average molecular weight is 522 g/mol. The lowest BCUT2D eigenvalue weighted by molar-refractivity contribution is -0.153. The van der Waals surface area contributed by atoms with Crippen LogP contribution < -0.4 is 0 Å². The van der Waals surface area contributed by atoms with Crippen LogP contribution in [-0.4, -0.2) is 67.8 Å². The van der Waals surface area contributed by atoms with Crippen molar-refractivity contribution in [3.05, 3.63) is 0 Å². The third-order valence-electron chi connectivity index (χ3n) is 6.38. The first-order chi connectivity index (χ1) is 15.7. The molecule has 1 rings (SSSR count). The van der Waals surface area contributed by atoms with Gasteiger partial charge in [0.15, 0.2) is 0 Å². The van der Waals surface area contributed by atoms with Crippen molar-refractivity contribution in [3.8, 4) is 0 Å². The molecule has 0 radical (unpaired) electrons. The molecule has 6 nitrogen and oxygen atoms in total. The average Bonchev–Trinajstić information content (AvgIpc) is 2.73. The zero-order valence-corrected chi connectivity index (χ0v) is 25.0. The van der Waals surface area contributed by atoms with Crippen molar-refractivity contribution in [1.29, 1.82) is 0 Å². The van der Waals surface area contributed by atoms with Crippen molar-refractivity contribution < 1.29 is 23.4 Å². The molecule has 0 aliphatic carbocycles. The highest BCUT2D eigenvalue weighted by Crippen LogP contribution is 2.65. The Balaban J connectivity index is 2.63. The number of hydrogen-bond acceptors (Lipinski definition) is 7. The second-order valence-corrected chi connectivity index (χ2v) is 16.5. The van der Waals surface area contributed by atoms with E-state index in [0.29, 0.717) is 11.9 Å². The standard InChI is InChI=1S/C26H52NO5PS/c1-9-11-13-24(3,4)22-33(29,32-26(7,8)12-10-2)34-21-20-31-23(28)25(5,6)14-15-27-16-18-30-19-17-27/h9-22H2,1-8H3. The molecule has 0 amide bonds. The van der Waals surface area contributed by atoms with E-state index < -0.39 is 17.6 Å². The van der Waals surface area contributed by atoms with Gasteiger partial charge in [0, 0.05) is 25.0 Å². The maximum Gasteiger partial charge on any atom is 0.311 e. The Morgan fingerprint density at radius 1 is 1.00 bits per heavy atom. The lowest BCUT2D eigenvalue weighted by Gasteiger charge is -2.35. The number of nitrogens with zero attached hydrogens (tertiary/aromatic N) is 1. The minimum absolute atomic E-state index is 0.0566. The lowest BCUT2D eigenvalue weighted by atomic mass is 9.89. The summed E-state index contributed by atoms with van der Waals surface area (Å²) in [5, 5.41) is 0. The Hall–Kier alpha value is -0.0700. The molecular weight excluding hydrogens is 469 g/mol. The predicted octanol–water partition coefficient (Wildman–Crippen LogP) is 7.02. The summed E-state index contributed by atoms with van der Waals surface area (Å²) in [5.41, 5.74) is -1.04. The largest absolute Gasteiger partial charge is 0.464 e. The molecule has 0 N–H and O–H groups in total. The number of hydrogen-bond donors (Lipinski definition) is 0. The number of ether oxygens (including phenoxy) is 2. The topological polar surface area (TPSA) is 65.1 Å². The summed E-state index contributed by atoms with van der Waals surface area (Å²) in [7, 11) is 0. The van der Waals surface area contributed by atoms with Crippen LogP contribution in [0.15, 0.2) is 0 Å².